The summed E-state index contributed by atoms with van der Waals surface area (Å²) in [6.07, 6.45) is 1.71. The van der Waals surface area contributed by atoms with Crippen LogP contribution >= 0.6 is 0 Å². The highest BCUT2D eigenvalue weighted by Crippen LogP contribution is 2.20. The van der Waals surface area contributed by atoms with Crippen molar-refractivity contribution < 1.29 is 22.3 Å². The standard InChI is InChI=1S/C23H26FN3O4S/c1-16-22(17(2)27(25-16)19-11-9-18(24)10-12-19)23(28)26(3)13-6-14-31-20-7-5-8-21(15-20)32(4,29)30/h5,7-12,15H,6,13-14H2,1-4H3. The van der Waals surface area contributed by atoms with E-state index in [1.54, 1.807) is 47.8 Å². The molecule has 0 fully saturated rings. The van der Waals surface area contributed by atoms with Gasteiger partial charge in [-0.1, -0.05) is 6.07 Å². The predicted octanol–water partition coefficient (Wildman–Crippen LogP) is 3.57. The molecule has 0 spiro atoms. The molecule has 2 aromatic carbocycles. The second-order valence-corrected chi connectivity index (χ2v) is 9.63. The molecule has 32 heavy (non-hydrogen) atoms. The summed E-state index contributed by atoms with van der Waals surface area (Å²) in [5.74, 6) is -0.0295. The molecule has 0 unspecified atom stereocenters. The summed E-state index contributed by atoms with van der Waals surface area (Å²) in [7, 11) is -1.59. The van der Waals surface area contributed by atoms with Crippen LogP contribution in [-0.4, -0.2) is 55.5 Å². The van der Waals surface area contributed by atoms with Crippen LogP contribution in [0.2, 0.25) is 0 Å². The molecule has 0 saturated heterocycles. The Labute approximate surface area is 187 Å². The van der Waals surface area contributed by atoms with E-state index in [9.17, 15) is 17.6 Å². The van der Waals surface area contributed by atoms with Crippen LogP contribution < -0.4 is 4.74 Å². The minimum Gasteiger partial charge on any atom is -0.493 e. The first kappa shape index (κ1) is 23.5. The smallest absolute Gasteiger partial charge is 0.257 e. The maximum absolute atomic E-state index is 13.2. The predicted molar refractivity (Wildman–Crippen MR) is 120 cm³/mol. The van der Waals surface area contributed by atoms with E-state index in [4.69, 9.17) is 4.74 Å². The zero-order chi connectivity index (χ0) is 23.5. The average molecular weight is 460 g/mol. The quantitative estimate of drug-likeness (QED) is 0.481. The first-order valence-electron chi connectivity index (χ1n) is 10.1. The molecular weight excluding hydrogens is 433 g/mol. The molecule has 0 saturated carbocycles. The van der Waals surface area contributed by atoms with Crippen molar-refractivity contribution in [2.45, 2.75) is 25.2 Å². The topological polar surface area (TPSA) is 81.5 Å². The minimum atomic E-state index is -3.30. The number of ether oxygens (including phenoxy) is 1. The van der Waals surface area contributed by atoms with Crippen LogP contribution in [0.1, 0.15) is 28.2 Å². The lowest BCUT2D eigenvalue weighted by atomic mass is 10.1. The van der Waals surface area contributed by atoms with E-state index < -0.39 is 9.84 Å². The number of benzene rings is 2. The van der Waals surface area contributed by atoms with Gasteiger partial charge >= 0.3 is 0 Å². The van der Waals surface area contributed by atoms with Gasteiger partial charge in [0.2, 0.25) is 0 Å². The molecule has 170 valence electrons. The fourth-order valence-electron chi connectivity index (χ4n) is 3.36. The van der Waals surface area contributed by atoms with Crippen LogP contribution in [0.5, 0.6) is 5.75 Å². The Morgan fingerprint density at radius 2 is 1.84 bits per heavy atom. The lowest BCUT2D eigenvalue weighted by molar-refractivity contribution is 0.0786. The zero-order valence-corrected chi connectivity index (χ0v) is 19.3. The van der Waals surface area contributed by atoms with E-state index >= 15 is 0 Å². The molecule has 1 aromatic heterocycles. The molecule has 9 heteroatoms. The largest absolute Gasteiger partial charge is 0.493 e. The van der Waals surface area contributed by atoms with Gasteiger partial charge in [-0.05, 0) is 62.7 Å². The highest BCUT2D eigenvalue weighted by atomic mass is 32.2. The number of hydrogen-bond donors (Lipinski definition) is 0. The number of aromatic nitrogens is 2. The minimum absolute atomic E-state index is 0.160. The Morgan fingerprint density at radius 1 is 1.16 bits per heavy atom. The highest BCUT2D eigenvalue weighted by molar-refractivity contribution is 7.90. The van der Waals surface area contributed by atoms with Crippen molar-refractivity contribution in [1.29, 1.82) is 0 Å². The zero-order valence-electron chi connectivity index (χ0n) is 18.5. The highest BCUT2D eigenvalue weighted by Gasteiger charge is 2.22. The molecule has 1 heterocycles. The van der Waals surface area contributed by atoms with Gasteiger partial charge in [-0.15, -0.1) is 0 Å². The molecular formula is C23H26FN3O4S. The Balaban J connectivity index is 1.61. The lowest BCUT2D eigenvalue weighted by Gasteiger charge is -2.18. The number of aryl methyl sites for hydroxylation is 1. The van der Waals surface area contributed by atoms with Crippen molar-refractivity contribution in [3.05, 3.63) is 71.3 Å². The van der Waals surface area contributed by atoms with E-state index in [0.29, 0.717) is 48.0 Å². The number of carbonyl (C=O) groups excluding carboxylic acids is 1. The molecule has 0 aliphatic carbocycles. The van der Waals surface area contributed by atoms with E-state index in [2.05, 4.69) is 5.10 Å². The first-order chi connectivity index (χ1) is 15.1. The SMILES string of the molecule is Cc1nn(-c2ccc(F)cc2)c(C)c1C(=O)N(C)CCCOc1cccc(S(C)(=O)=O)c1. The fourth-order valence-corrected chi connectivity index (χ4v) is 4.02. The molecule has 0 atom stereocenters. The molecule has 0 aliphatic rings. The summed E-state index contributed by atoms with van der Waals surface area (Å²) >= 11 is 0. The summed E-state index contributed by atoms with van der Waals surface area (Å²) < 4.78 is 43.8. The van der Waals surface area contributed by atoms with E-state index in [1.807, 2.05) is 6.92 Å². The molecule has 3 aromatic rings. The number of sulfone groups is 1. The molecule has 1 amide bonds. The fraction of sp³-hybridized carbons (Fsp3) is 0.304. The summed E-state index contributed by atoms with van der Waals surface area (Å²) in [6.45, 7) is 4.36. The first-order valence-corrected chi connectivity index (χ1v) is 12.0. The molecule has 0 aliphatic heterocycles. The summed E-state index contributed by atoms with van der Waals surface area (Å²) in [6, 6.07) is 12.3. The Hall–Kier alpha value is -3.20. The number of nitrogens with zero attached hydrogens (tertiary/aromatic N) is 3. The van der Waals surface area contributed by atoms with Crippen LogP contribution in [0.15, 0.2) is 53.4 Å². The number of carbonyl (C=O) groups is 1. The van der Waals surface area contributed by atoms with Gasteiger partial charge in [0.15, 0.2) is 9.84 Å². The number of amides is 1. The van der Waals surface area contributed by atoms with Gasteiger partial charge in [0.25, 0.3) is 5.91 Å². The summed E-state index contributed by atoms with van der Waals surface area (Å²) in [4.78, 5) is 14.8. The third-order valence-corrected chi connectivity index (χ3v) is 6.17. The number of hydrogen-bond acceptors (Lipinski definition) is 5. The Bertz CT molecular complexity index is 1220. The maximum atomic E-state index is 13.2. The van der Waals surface area contributed by atoms with E-state index in [1.165, 1.54) is 24.3 Å². The van der Waals surface area contributed by atoms with Crippen LogP contribution in [0, 0.1) is 19.7 Å². The molecule has 0 N–H and O–H groups in total. The Kier molecular flexibility index (Phi) is 6.98. The number of rotatable bonds is 8. The summed E-state index contributed by atoms with van der Waals surface area (Å²) in [5.41, 5.74) is 2.47. The van der Waals surface area contributed by atoms with Crippen LogP contribution in [0.3, 0.4) is 0 Å². The maximum Gasteiger partial charge on any atom is 0.257 e. The van der Waals surface area contributed by atoms with Crippen molar-refractivity contribution in [2.24, 2.45) is 0 Å². The molecule has 3 rings (SSSR count). The normalized spacial score (nSPS) is 11.4. The van der Waals surface area contributed by atoms with Crippen molar-refractivity contribution >= 4 is 15.7 Å². The third-order valence-electron chi connectivity index (χ3n) is 5.06. The molecule has 0 radical (unpaired) electrons. The molecule has 0 bridgehead atoms. The van der Waals surface area contributed by atoms with E-state index in [-0.39, 0.29) is 16.6 Å². The van der Waals surface area contributed by atoms with Crippen molar-refractivity contribution in [1.82, 2.24) is 14.7 Å². The van der Waals surface area contributed by atoms with E-state index in [0.717, 1.165) is 6.26 Å². The van der Waals surface area contributed by atoms with Crippen molar-refractivity contribution in [2.75, 3.05) is 26.5 Å². The second-order valence-electron chi connectivity index (χ2n) is 7.61. The van der Waals surface area contributed by atoms with Crippen LogP contribution in [-0.2, 0) is 9.84 Å². The molecule has 7 nitrogen and oxygen atoms in total. The van der Waals surface area contributed by atoms with Crippen molar-refractivity contribution in [3.63, 3.8) is 0 Å². The lowest BCUT2D eigenvalue weighted by Crippen LogP contribution is -2.29. The summed E-state index contributed by atoms with van der Waals surface area (Å²) in [5, 5.41) is 4.45. The van der Waals surface area contributed by atoms with Crippen molar-refractivity contribution in [3.8, 4) is 11.4 Å². The monoisotopic (exact) mass is 459 g/mol. The average Bonchev–Trinajstić information content (AvgIpc) is 3.04. The van der Waals surface area contributed by atoms with Gasteiger partial charge in [-0.25, -0.2) is 17.5 Å². The van der Waals surface area contributed by atoms with Gasteiger partial charge in [-0.3, -0.25) is 4.79 Å². The van der Waals surface area contributed by atoms with Gasteiger partial charge in [0.1, 0.15) is 11.6 Å². The van der Waals surface area contributed by atoms with Crippen LogP contribution in [0.25, 0.3) is 5.69 Å². The van der Waals surface area contributed by atoms with Gasteiger partial charge in [0.05, 0.1) is 34.1 Å². The number of halogens is 1. The van der Waals surface area contributed by atoms with Gasteiger partial charge < -0.3 is 9.64 Å². The second kappa shape index (κ2) is 9.52. The van der Waals surface area contributed by atoms with Crippen LogP contribution in [0.4, 0.5) is 4.39 Å². The van der Waals surface area contributed by atoms with Gasteiger partial charge in [0, 0.05) is 19.8 Å². The van der Waals surface area contributed by atoms with Gasteiger partial charge in [-0.2, -0.15) is 5.10 Å². The third kappa shape index (κ3) is 5.34. The Morgan fingerprint density at radius 3 is 2.50 bits per heavy atom.